The maximum absolute atomic E-state index is 11.9. The number of imide groups is 1. The first-order valence-corrected chi connectivity index (χ1v) is 8.08. The van der Waals surface area contributed by atoms with E-state index in [-0.39, 0.29) is 24.3 Å². The second-order valence-corrected chi connectivity index (χ2v) is 5.80. The molecule has 0 bridgehead atoms. The summed E-state index contributed by atoms with van der Waals surface area (Å²) in [4.78, 5) is 36.5. The quantitative estimate of drug-likeness (QED) is 0.675. The number of nitrogens with one attached hydrogen (secondary N) is 1. The van der Waals surface area contributed by atoms with Crippen LogP contribution >= 0.6 is 0 Å². The van der Waals surface area contributed by atoms with Crippen molar-refractivity contribution in [3.8, 4) is 0 Å². The number of hydrogen-bond acceptors (Lipinski definition) is 3. The minimum absolute atomic E-state index is 0.131. The van der Waals surface area contributed by atoms with Crippen molar-refractivity contribution >= 4 is 29.5 Å². The molecule has 0 spiro atoms. The van der Waals surface area contributed by atoms with Crippen molar-refractivity contribution in [2.45, 2.75) is 19.4 Å². The third kappa shape index (κ3) is 4.41. The molecule has 5 nitrogen and oxygen atoms in total. The van der Waals surface area contributed by atoms with Crippen molar-refractivity contribution in [2.24, 2.45) is 0 Å². The molecular formula is C20H18N2O3. The van der Waals surface area contributed by atoms with E-state index in [1.165, 1.54) is 11.0 Å². The van der Waals surface area contributed by atoms with Gasteiger partial charge in [0.15, 0.2) is 0 Å². The highest BCUT2D eigenvalue weighted by atomic mass is 16.2. The van der Waals surface area contributed by atoms with Crippen LogP contribution in [0.2, 0.25) is 0 Å². The van der Waals surface area contributed by atoms with E-state index in [2.05, 4.69) is 5.32 Å². The van der Waals surface area contributed by atoms with Crippen molar-refractivity contribution in [1.82, 2.24) is 4.90 Å². The van der Waals surface area contributed by atoms with Crippen LogP contribution in [0, 0.1) is 0 Å². The number of amides is 3. The topological polar surface area (TPSA) is 66.5 Å². The zero-order chi connectivity index (χ0) is 17.6. The van der Waals surface area contributed by atoms with Gasteiger partial charge in [-0.05, 0) is 29.3 Å². The molecular weight excluding hydrogens is 316 g/mol. The molecule has 2 aromatic carbocycles. The van der Waals surface area contributed by atoms with Gasteiger partial charge in [0, 0.05) is 24.6 Å². The van der Waals surface area contributed by atoms with Gasteiger partial charge < -0.3 is 5.32 Å². The predicted octanol–water partition coefficient (Wildman–Crippen LogP) is 2.99. The molecule has 1 saturated heterocycles. The SMILES string of the molecule is O=C(/C=C/c1ccccc1)Nc1ccc(CN2C(=O)CCC2=O)cc1. The second kappa shape index (κ2) is 7.57. The Balaban J connectivity index is 1.57. The van der Waals surface area contributed by atoms with Crippen molar-refractivity contribution in [3.05, 3.63) is 71.8 Å². The van der Waals surface area contributed by atoms with Crippen LogP contribution in [0.3, 0.4) is 0 Å². The van der Waals surface area contributed by atoms with Gasteiger partial charge in [0.05, 0.1) is 6.54 Å². The molecule has 3 amide bonds. The van der Waals surface area contributed by atoms with E-state index >= 15 is 0 Å². The van der Waals surface area contributed by atoms with E-state index in [4.69, 9.17) is 0 Å². The van der Waals surface area contributed by atoms with E-state index in [9.17, 15) is 14.4 Å². The standard InChI is InChI=1S/C20H18N2O3/c23-18(11-8-15-4-2-1-3-5-15)21-17-9-6-16(7-10-17)14-22-19(24)12-13-20(22)25/h1-11H,12-14H2,(H,21,23)/b11-8+. The summed E-state index contributed by atoms with van der Waals surface area (Å²) in [5, 5.41) is 2.78. The first-order chi connectivity index (χ1) is 12.1. The average molecular weight is 334 g/mol. The molecule has 0 aliphatic carbocycles. The zero-order valence-electron chi connectivity index (χ0n) is 13.6. The third-order valence-electron chi connectivity index (χ3n) is 3.94. The molecule has 126 valence electrons. The fourth-order valence-corrected chi connectivity index (χ4v) is 2.60. The Morgan fingerprint density at radius 2 is 1.60 bits per heavy atom. The summed E-state index contributed by atoms with van der Waals surface area (Å²) < 4.78 is 0. The number of carbonyl (C=O) groups excluding carboxylic acids is 3. The molecule has 1 aliphatic heterocycles. The van der Waals surface area contributed by atoms with E-state index < -0.39 is 0 Å². The first-order valence-electron chi connectivity index (χ1n) is 8.08. The minimum atomic E-state index is -0.221. The Bertz CT molecular complexity index is 795. The Morgan fingerprint density at radius 1 is 0.960 bits per heavy atom. The number of benzene rings is 2. The van der Waals surface area contributed by atoms with Crippen LogP contribution in [-0.4, -0.2) is 22.6 Å². The number of likely N-dealkylation sites (tertiary alicyclic amines) is 1. The van der Waals surface area contributed by atoms with Crippen LogP contribution in [0.25, 0.3) is 6.08 Å². The molecule has 1 fully saturated rings. The molecule has 0 radical (unpaired) electrons. The summed E-state index contributed by atoms with van der Waals surface area (Å²) in [6.45, 7) is 0.278. The van der Waals surface area contributed by atoms with E-state index in [0.717, 1.165) is 11.1 Å². The van der Waals surface area contributed by atoms with Gasteiger partial charge in [-0.15, -0.1) is 0 Å². The second-order valence-electron chi connectivity index (χ2n) is 5.80. The molecule has 0 unspecified atom stereocenters. The highest BCUT2D eigenvalue weighted by Crippen LogP contribution is 2.17. The summed E-state index contributed by atoms with van der Waals surface area (Å²) in [5.41, 5.74) is 2.46. The van der Waals surface area contributed by atoms with Gasteiger partial charge in [0.25, 0.3) is 0 Å². The van der Waals surface area contributed by atoms with Crippen molar-refractivity contribution in [2.75, 3.05) is 5.32 Å². The number of anilines is 1. The number of rotatable bonds is 5. The van der Waals surface area contributed by atoms with Crippen LogP contribution in [-0.2, 0) is 20.9 Å². The van der Waals surface area contributed by atoms with Gasteiger partial charge in [-0.25, -0.2) is 0 Å². The van der Waals surface area contributed by atoms with Crippen LogP contribution < -0.4 is 5.32 Å². The molecule has 25 heavy (non-hydrogen) atoms. The smallest absolute Gasteiger partial charge is 0.248 e. The summed E-state index contributed by atoms with van der Waals surface area (Å²) >= 11 is 0. The molecule has 1 N–H and O–H groups in total. The molecule has 0 atom stereocenters. The summed E-state index contributed by atoms with van der Waals surface area (Å²) in [5.74, 6) is -0.483. The van der Waals surface area contributed by atoms with E-state index in [0.29, 0.717) is 18.5 Å². The van der Waals surface area contributed by atoms with Gasteiger partial charge in [0.2, 0.25) is 17.7 Å². The van der Waals surface area contributed by atoms with Crippen LogP contribution in [0.5, 0.6) is 0 Å². The number of nitrogens with zero attached hydrogens (tertiary/aromatic N) is 1. The largest absolute Gasteiger partial charge is 0.323 e. The minimum Gasteiger partial charge on any atom is -0.323 e. The molecule has 0 aromatic heterocycles. The zero-order valence-corrected chi connectivity index (χ0v) is 13.6. The molecule has 3 rings (SSSR count). The summed E-state index contributed by atoms with van der Waals surface area (Å²) in [6.07, 6.45) is 3.81. The Kier molecular flexibility index (Phi) is 5.04. The van der Waals surface area contributed by atoms with Crippen molar-refractivity contribution < 1.29 is 14.4 Å². The number of carbonyl (C=O) groups is 3. The normalized spacial score (nSPS) is 14.3. The van der Waals surface area contributed by atoms with Gasteiger partial charge in [0.1, 0.15) is 0 Å². The lowest BCUT2D eigenvalue weighted by Gasteiger charge is -2.14. The maximum Gasteiger partial charge on any atom is 0.248 e. The van der Waals surface area contributed by atoms with Crippen molar-refractivity contribution in [1.29, 1.82) is 0 Å². The lowest BCUT2D eigenvalue weighted by atomic mass is 10.2. The maximum atomic E-state index is 11.9. The van der Waals surface area contributed by atoms with Crippen LogP contribution in [0.1, 0.15) is 24.0 Å². The van der Waals surface area contributed by atoms with E-state index in [1.807, 2.05) is 30.3 Å². The van der Waals surface area contributed by atoms with E-state index in [1.54, 1.807) is 30.3 Å². The summed E-state index contributed by atoms with van der Waals surface area (Å²) in [7, 11) is 0. The fraction of sp³-hybridized carbons (Fsp3) is 0.150. The molecule has 0 saturated carbocycles. The lowest BCUT2D eigenvalue weighted by molar-refractivity contribution is -0.139. The number of hydrogen-bond donors (Lipinski definition) is 1. The average Bonchev–Trinajstić information content (AvgIpc) is 2.94. The monoisotopic (exact) mass is 334 g/mol. The van der Waals surface area contributed by atoms with Crippen LogP contribution in [0.4, 0.5) is 5.69 Å². The summed E-state index contributed by atoms with van der Waals surface area (Å²) in [6, 6.07) is 16.7. The fourth-order valence-electron chi connectivity index (χ4n) is 2.60. The first kappa shape index (κ1) is 16.6. The van der Waals surface area contributed by atoms with Crippen molar-refractivity contribution in [3.63, 3.8) is 0 Å². The highest BCUT2D eigenvalue weighted by molar-refractivity contribution is 6.02. The molecule has 5 heteroatoms. The Morgan fingerprint density at radius 3 is 2.24 bits per heavy atom. The van der Waals surface area contributed by atoms with Gasteiger partial charge in [-0.2, -0.15) is 0 Å². The van der Waals surface area contributed by atoms with Crippen LogP contribution in [0.15, 0.2) is 60.7 Å². The highest BCUT2D eigenvalue weighted by Gasteiger charge is 2.28. The lowest BCUT2D eigenvalue weighted by Crippen LogP contribution is -2.28. The van der Waals surface area contributed by atoms with Gasteiger partial charge in [-0.3, -0.25) is 19.3 Å². The molecule has 2 aromatic rings. The molecule has 1 heterocycles. The predicted molar refractivity (Wildman–Crippen MR) is 95.3 cm³/mol. The van der Waals surface area contributed by atoms with Gasteiger partial charge in [-0.1, -0.05) is 42.5 Å². The third-order valence-corrected chi connectivity index (χ3v) is 3.94. The molecule has 1 aliphatic rings. The Labute approximate surface area is 146 Å². The Hall–Kier alpha value is -3.21. The van der Waals surface area contributed by atoms with Gasteiger partial charge >= 0.3 is 0 Å².